The molecule has 1 fully saturated rings. The van der Waals surface area contributed by atoms with Crippen molar-refractivity contribution in [2.24, 2.45) is 4.99 Å². The predicted molar refractivity (Wildman–Crippen MR) is 133 cm³/mol. The molecule has 1 aromatic carbocycles. The van der Waals surface area contributed by atoms with E-state index in [4.69, 9.17) is 0 Å². The molecule has 1 aromatic rings. The first-order valence-electron chi connectivity index (χ1n) is 10.2. The Bertz CT molecular complexity index is 729. The van der Waals surface area contributed by atoms with Gasteiger partial charge in [-0.1, -0.05) is 45.0 Å². The number of benzene rings is 1. The number of hydrogen-bond donors (Lipinski definition) is 2. The summed E-state index contributed by atoms with van der Waals surface area (Å²) in [6, 6.07) is 8.84. The Balaban J connectivity index is 0.00000420. The Kier molecular flexibility index (Phi) is 10.9. The van der Waals surface area contributed by atoms with E-state index in [0.29, 0.717) is 19.6 Å². The van der Waals surface area contributed by atoms with Crippen molar-refractivity contribution in [3.05, 3.63) is 35.4 Å². The Morgan fingerprint density at radius 2 is 1.72 bits per heavy atom. The summed E-state index contributed by atoms with van der Waals surface area (Å²) in [6.07, 6.45) is 0.943. The first kappa shape index (κ1) is 26.2. The number of guanidine groups is 1. The summed E-state index contributed by atoms with van der Waals surface area (Å²) in [5, 5.41) is 6.66. The van der Waals surface area contributed by atoms with Gasteiger partial charge in [-0.05, 0) is 29.9 Å². The van der Waals surface area contributed by atoms with Gasteiger partial charge in [0.2, 0.25) is 0 Å². The Labute approximate surface area is 193 Å². The number of sulfone groups is 1. The van der Waals surface area contributed by atoms with E-state index in [1.54, 1.807) is 0 Å². The number of nitrogens with one attached hydrogen (secondary N) is 2. The van der Waals surface area contributed by atoms with Gasteiger partial charge in [0, 0.05) is 32.7 Å². The molecule has 6 nitrogen and oxygen atoms in total. The van der Waals surface area contributed by atoms with Crippen molar-refractivity contribution in [1.82, 2.24) is 15.5 Å². The molecule has 1 saturated heterocycles. The summed E-state index contributed by atoms with van der Waals surface area (Å²) in [6.45, 7) is 13.1. The van der Waals surface area contributed by atoms with Gasteiger partial charge < -0.3 is 10.6 Å². The molecule has 0 aromatic heterocycles. The molecule has 1 aliphatic heterocycles. The summed E-state index contributed by atoms with van der Waals surface area (Å²) in [4.78, 5) is 6.80. The molecule has 1 aliphatic rings. The van der Waals surface area contributed by atoms with E-state index in [2.05, 4.69) is 72.5 Å². The average molecular weight is 537 g/mol. The lowest BCUT2D eigenvalue weighted by Gasteiger charge is -2.25. The summed E-state index contributed by atoms with van der Waals surface area (Å²) >= 11 is 0. The maximum atomic E-state index is 11.5. The lowest BCUT2D eigenvalue weighted by atomic mass is 9.86. The molecule has 166 valence electrons. The standard InChI is InChI=1S/C21H36N4O2S.HI/c1-5-22-20(24-12-13-25-14-16-28(26,27)17-15-25)23-11-10-18-6-8-19(9-7-18)21(2,3)4;/h6-9H,5,10-17H2,1-4H3,(H2,22,23,24);1H. The van der Waals surface area contributed by atoms with Crippen molar-refractivity contribution < 1.29 is 8.42 Å². The third kappa shape index (κ3) is 9.65. The van der Waals surface area contributed by atoms with E-state index < -0.39 is 9.84 Å². The molecule has 0 spiro atoms. The molecule has 0 atom stereocenters. The van der Waals surface area contributed by atoms with E-state index >= 15 is 0 Å². The SMILES string of the molecule is CCNC(=NCCN1CCS(=O)(=O)CC1)NCCc1ccc(C(C)(C)C)cc1.I. The second-order valence-corrected chi connectivity index (χ2v) is 10.7. The van der Waals surface area contributed by atoms with Crippen LogP contribution in [-0.4, -0.2) is 70.1 Å². The van der Waals surface area contributed by atoms with E-state index in [-0.39, 0.29) is 40.9 Å². The minimum Gasteiger partial charge on any atom is -0.357 e. The molecule has 0 bridgehead atoms. The minimum atomic E-state index is -2.82. The van der Waals surface area contributed by atoms with Crippen molar-refractivity contribution in [3.63, 3.8) is 0 Å². The predicted octanol–water partition coefficient (Wildman–Crippen LogP) is 2.43. The van der Waals surface area contributed by atoms with Crippen LogP contribution in [0.2, 0.25) is 0 Å². The van der Waals surface area contributed by atoms with E-state index in [1.807, 2.05) is 0 Å². The average Bonchev–Trinajstić information content (AvgIpc) is 2.63. The van der Waals surface area contributed by atoms with Gasteiger partial charge in [-0.3, -0.25) is 9.89 Å². The zero-order chi connectivity index (χ0) is 20.6. The zero-order valence-electron chi connectivity index (χ0n) is 18.2. The van der Waals surface area contributed by atoms with Gasteiger partial charge in [0.1, 0.15) is 0 Å². The number of halogens is 1. The first-order chi connectivity index (χ1) is 13.2. The van der Waals surface area contributed by atoms with Gasteiger partial charge in [0.25, 0.3) is 0 Å². The molecular formula is C21H37IN4O2S. The lowest BCUT2D eigenvalue weighted by molar-refractivity contribution is 0.304. The fourth-order valence-corrected chi connectivity index (χ4v) is 4.39. The number of aliphatic imine (C=N–C) groups is 1. The van der Waals surface area contributed by atoms with Crippen LogP contribution >= 0.6 is 24.0 Å². The van der Waals surface area contributed by atoms with Crippen LogP contribution in [0.4, 0.5) is 0 Å². The van der Waals surface area contributed by atoms with Crippen molar-refractivity contribution in [1.29, 1.82) is 0 Å². The molecule has 2 N–H and O–H groups in total. The molecule has 0 saturated carbocycles. The van der Waals surface area contributed by atoms with Crippen LogP contribution in [0, 0.1) is 0 Å². The fraction of sp³-hybridized carbons (Fsp3) is 0.667. The molecule has 8 heteroatoms. The molecule has 0 aliphatic carbocycles. The Morgan fingerprint density at radius 3 is 2.28 bits per heavy atom. The van der Waals surface area contributed by atoms with Gasteiger partial charge in [0.15, 0.2) is 15.8 Å². The van der Waals surface area contributed by atoms with E-state index in [9.17, 15) is 8.42 Å². The van der Waals surface area contributed by atoms with Crippen molar-refractivity contribution in [3.8, 4) is 0 Å². The van der Waals surface area contributed by atoms with Gasteiger partial charge in [-0.25, -0.2) is 8.42 Å². The van der Waals surface area contributed by atoms with Crippen LogP contribution in [0.1, 0.15) is 38.8 Å². The monoisotopic (exact) mass is 536 g/mol. The van der Waals surface area contributed by atoms with E-state index in [0.717, 1.165) is 32.0 Å². The van der Waals surface area contributed by atoms with Crippen LogP contribution < -0.4 is 10.6 Å². The fourth-order valence-electron chi connectivity index (χ4n) is 3.12. The number of hydrogen-bond acceptors (Lipinski definition) is 4. The highest BCUT2D eigenvalue weighted by atomic mass is 127. The third-order valence-corrected chi connectivity index (χ3v) is 6.60. The molecule has 1 heterocycles. The second-order valence-electron chi connectivity index (χ2n) is 8.38. The summed E-state index contributed by atoms with van der Waals surface area (Å²) in [5.74, 6) is 1.35. The molecular weight excluding hydrogens is 499 g/mol. The quantitative estimate of drug-likeness (QED) is 0.318. The topological polar surface area (TPSA) is 73.8 Å². The molecule has 29 heavy (non-hydrogen) atoms. The summed E-state index contributed by atoms with van der Waals surface area (Å²) < 4.78 is 23.0. The van der Waals surface area contributed by atoms with Crippen LogP contribution in [0.15, 0.2) is 29.3 Å². The van der Waals surface area contributed by atoms with Crippen molar-refractivity contribution in [2.45, 2.75) is 39.5 Å². The van der Waals surface area contributed by atoms with Crippen LogP contribution in [-0.2, 0) is 21.7 Å². The largest absolute Gasteiger partial charge is 0.357 e. The Hall–Kier alpha value is -0.870. The second kappa shape index (κ2) is 12.1. The highest BCUT2D eigenvalue weighted by Crippen LogP contribution is 2.22. The molecule has 2 rings (SSSR count). The molecule has 0 unspecified atom stereocenters. The van der Waals surface area contributed by atoms with Gasteiger partial charge in [-0.15, -0.1) is 24.0 Å². The van der Waals surface area contributed by atoms with Gasteiger partial charge in [0.05, 0.1) is 18.1 Å². The highest BCUT2D eigenvalue weighted by Gasteiger charge is 2.20. The van der Waals surface area contributed by atoms with Crippen molar-refractivity contribution >= 4 is 39.8 Å². The Morgan fingerprint density at radius 1 is 1.10 bits per heavy atom. The number of rotatable bonds is 7. The molecule has 0 radical (unpaired) electrons. The maximum Gasteiger partial charge on any atom is 0.191 e. The van der Waals surface area contributed by atoms with Crippen LogP contribution in [0.3, 0.4) is 0 Å². The minimum absolute atomic E-state index is 0. The third-order valence-electron chi connectivity index (χ3n) is 4.99. The zero-order valence-corrected chi connectivity index (χ0v) is 21.3. The van der Waals surface area contributed by atoms with Crippen LogP contribution in [0.5, 0.6) is 0 Å². The maximum absolute atomic E-state index is 11.5. The van der Waals surface area contributed by atoms with Gasteiger partial charge in [-0.2, -0.15) is 0 Å². The smallest absolute Gasteiger partial charge is 0.191 e. The normalized spacial score (nSPS) is 17.4. The summed E-state index contributed by atoms with van der Waals surface area (Å²) in [7, 11) is -2.82. The van der Waals surface area contributed by atoms with E-state index in [1.165, 1.54) is 11.1 Å². The first-order valence-corrected chi connectivity index (χ1v) is 12.1. The highest BCUT2D eigenvalue weighted by molar-refractivity contribution is 14.0. The number of nitrogens with zero attached hydrogens (tertiary/aromatic N) is 2. The molecule has 0 amide bonds. The lowest BCUT2D eigenvalue weighted by Crippen LogP contribution is -2.42. The summed E-state index contributed by atoms with van der Waals surface area (Å²) in [5.41, 5.74) is 2.84. The van der Waals surface area contributed by atoms with Gasteiger partial charge >= 0.3 is 0 Å². The van der Waals surface area contributed by atoms with Crippen molar-refractivity contribution in [2.75, 3.05) is 50.8 Å². The van der Waals surface area contributed by atoms with Crippen LogP contribution in [0.25, 0.3) is 0 Å².